The summed E-state index contributed by atoms with van der Waals surface area (Å²) in [4.78, 5) is 27.4. The number of rotatable bonds is 9. The molecule has 2 amide bonds. The Balaban J connectivity index is 0.919. The van der Waals surface area contributed by atoms with Crippen LogP contribution in [0.4, 0.5) is 11.4 Å². The lowest BCUT2D eigenvalue weighted by molar-refractivity contribution is 0.101. The fourth-order valence-electron chi connectivity index (χ4n) is 8.31. The Kier molecular flexibility index (Phi) is 10.2. The Hall–Kier alpha value is -8.34. The van der Waals surface area contributed by atoms with Gasteiger partial charge in [-0.1, -0.05) is 194 Å². The van der Waals surface area contributed by atoms with Gasteiger partial charge in [-0.15, -0.1) is 0 Å². The molecule has 0 aliphatic heterocycles. The van der Waals surface area contributed by atoms with Gasteiger partial charge in [0.2, 0.25) is 0 Å². The lowest BCUT2D eigenvalue weighted by atomic mass is 9.93. The molecule has 10 aromatic rings. The van der Waals surface area contributed by atoms with Crippen molar-refractivity contribution in [2.75, 3.05) is 10.6 Å². The van der Waals surface area contributed by atoms with Crippen LogP contribution in [0.25, 0.3) is 77.2 Å². The van der Waals surface area contributed by atoms with Crippen LogP contribution >= 0.6 is 0 Å². The molecule has 0 spiro atoms. The monoisotopic (exact) mass is 796 g/mol. The molecule has 0 saturated heterocycles. The molecule has 0 aliphatic carbocycles. The Morgan fingerprint density at radius 1 is 0.258 bits per heavy atom. The first-order chi connectivity index (χ1) is 30.6. The van der Waals surface area contributed by atoms with Crippen LogP contribution in [0.1, 0.15) is 20.7 Å². The van der Waals surface area contributed by atoms with Gasteiger partial charge in [-0.3, -0.25) is 9.59 Å². The van der Waals surface area contributed by atoms with E-state index in [1.54, 1.807) is 0 Å². The van der Waals surface area contributed by atoms with Gasteiger partial charge >= 0.3 is 0 Å². The molecule has 10 aromatic carbocycles. The van der Waals surface area contributed by atoms with Gasteiger partial charge in [0.25, 0.3) is 11.8 Å². The van der Waals surface area contributed by atoms with Crippen LogP contribution in [-0.2, 0) is 0 Å². The van der Waals surface area contributed by atoms with Crippen molar-refractivity contribution in [3.63, 3.8) is 0 Å². The third-order valence-corrected chi connectivity index (χ3v) is 11.5. The zero-order valence-electron chi connectivity index (χ0n) is 33.8. The van der Waals surface area contributed by atoms with Gasteiger partial charge in [0.05, 0.1) is 0 Å². The second-order valence-corrected chi connectivity index (χ2v) is 15.4. The summed E-state index contributed by atoms with van der Waals surface area (Å²) < 4.78 is 0. The number of benzene rings is 10. The van der Waals surface area contributed by atoms with E-state index in [-0.39, 0.29) is 11.8 Å². The molecule has 4 heteroatoms. The molecule has 0 atom stereocenters. The number of hydrogen-bond acceptors (Lipinski definition) is 2. The van der Waals surface area contributed by atoms with Crippen LogP contribution in [0.15, 0.2) is 231 Å². The van der Waals surface area contributed by atoms with E-state index in [1.165, 1.54) is 0 Å². The Morgan fingerprint density at radius 2 is 0.548 bits per heavy atom. The van der Waals surface area contributed by atoms with Crippen molar-refractivity contribution in [2.45, 2.75) is 0 Å². The Labute approximate surface area is 360 Å². The van der Waals surface area contributed by atoms with E-state index in [1.807, 2.05) is 121 Å². The van der Waals surface area contributed by atoms with Gasteiger partial charge in [-0.25, -0.2) is 0 Å². The molecular formula is C58H40N2O2. The third kappa shape index (κ3) is 7.65. The first kappa shape index (κ1) is 37.9. The molecular weight excluding hydrogens is 757 g/mol. The van der Waals surface area contributed by atoms with E-state index < -0.39 is 0 Å². The summed E-state index contributed by atoms with van der Waals surface area (Å²) in [6.45, 7) is 0. The molecule has 0 heterocycles. The molecule has 4 nitrogen and oxygen atoms in total. The molecule has 0 saturated carbocycles. The maximum absolute atomic E-state index is 13.7. The highest BCUT2D eigenvalue weighted by atomic mass is 16.2. The number of anilines is 2. The average Bonchev–Trinajstić information content (AvgIpc) is 3.34. The summed E-state index contributed by atoms with van der Waals surface area (Å²) in [5, 5.41) is 10.8. The highest BCUT2D eigenvalue weighted by Gasteiger charge is 2.17. The number of amides is 2. The van der Waals surface area contributed by atoms with E-state index in [9.17, 15) is 9.59 Å². The van der Waals surface area contributed by atoms with Crippen LogP contribution in [0.5, 0.6) is 0 Å². The first-order valence-corrected chi connectivity index (χ1v) is 20.7. The second kappa shape index (κ2) is 16.7. The lowest BCUT2D eigenvalue weighted by Crippen LogP contribution is -2.12. The van der Waals surface area contributed by atoms with Gasteiger partial charge in [0.1, 0.15) is 0 Å². The average molecular weight is 797 g/mol. The molecule has 0 bridgehead atoms. The summed E-state index contributed by atoms with van der Waals surface area (Å²) in [5.41, 5.74) is 13.1. The predicted molar refractivity (Wildman–Crippen MR) is 257 cm³/mol. The first-order valence-electron chi connectivity index (χ1n) is 20.7. The lowest BCUT2D eigenvalue weighted by Gasteiger charge is -2.16. The molecule has 0 radical (unpaired) electrons. The zero-order chi connectivity index (χ0) is 41.8. The van der Waals surface area contributed by atoms with Crippen molar-refractivity contribution in [1.29, 1.82) is 0 Å². The van der Waals surface area contributed by atoms with Crippen molar-refractivity contribution in [2.24, 2.45) is 0 Å². The quantitative estimate of drug-likeness (QED) is 0.153. The van der Waals surface area contributed by atoms with Gasteiger partial charge < -0.3 is 10.6 Å². The smallest absolute Gasteiger partial charge is 0.255 e. The van der Waals surface area contributed by atoms with E-state index in [4.69, 9.17) is 0 Å². The molecule has 0 aliphatic rings. The van der Waals surface area contributed by atoms with Crippen LogP contribution in [0.2, 0.25) is 0 Å². The number of carbonyl (C=O) groups excluding carboxylic acids is 2. The highest BCUT2D eigenvalue weighted by molar-refractivity contribution is 6.12. The van der Waals surface area contributed by atoms with Gasteiger partial charge in [-0.05, 0) is 102 Å². The normalized spacial score (nSPS) is 11.0. The van der Waals surface area contributed by atoms with E-state index in [2.05, 4.69) is 120 Å². The molecule has 0 fully saturated rings. The minimum Gasteiger partial charge on any atom is -0.321 e. The van der Waals surface area contributed by atoms with Crippen molar-refractivity contribution in [1.82, 2.24) is 0 Å². The third-order valence-electron chi connectivity index (χ3n) is 11.5. The summed E-state index contributed by atoms with van der Waals surface area (Å²) in [7, 11) is 0. The largest absolute Gasteiger partial charge is 0.321 e. The summed E-state index contributed by atoms with van der Waals surface area (Å²) >= 11 is 0. The van der Waals surface area contributed by atoms with Gasteiger partial charge in [0, 0.05) is 33.6 Å². The second-order valence-electron chi connectivity index (χ2n) is 15.4. The highest BCUT2D eigenvalue weighted by Crippen LogP contribution is 2.39. The van der Waals surface area contributed by atoms with Crippen molar-refractivity contribution < 1.29 is 9.59 Å². The zero-order valence-corrected chi connectivity index (χ0v) is 33.8. The van der Waals surface area contributed by atoms with Gasteiger partial charge in [-0.2, -0.15) is 0 Å². The van der Waals surface area contributed by atoms with Crippen LogP contribution in [-0.4, -0.2) is 11.8 Å². The van der Waals surface area contributed by atoms with Gasteiger partial charge in [0.15, 0.2) is 0 Å². The van der Waals surface area contributed by atoms with E-state index in [0.717, 1.165) is 88.6 Å². The van der Waals surface area contributed by atoms with E-state index in [0.29, 0.717) is 11.1 Å². The fraction of sp³-hybridized carbons (Fsp3) is 0. The predicted octanol–water partition coefficient (Wildman–Crippen LogP) is 14.8. The topological polar surface area (TPSA) is 58.2 Å². The van der Waals surface area contributed by atoms with Crippen molar-refractivity contribution in [3.05, 3.63) is 242 Å². The SMILES string of the molecule is O=C(Nc1ccc2ccccc2c1-c1ccc(-c2ccc(-c3c(NC(=O)c4ccc(-c5ccccc5)cc4)ccc4ccccc34)cc2)cc1)c1ccc(-c2ccccc2)cc1. The van der Waals surface area contributed by atoms with Crippen molar-refractivity contribution in [3.8, 4) is 55.6 Å². The molecule has 62 heavy (non-hydrogen) atoms. The Bertz CT molecular complexity index is 2990. The minimum absolute atomic E-state index is 0.163. The number of hydrogen-bond donors (Lipinski definition) is 2. The van der Waals surface area contributed by atoms with Crippen LogP contribution < -0.4 is 10.6 Å². The number of nitrogens with one attached hydrogen (secondary N) is 2. The number of fused-ring (bicyclic) bond motifs is 2. The molecule has 10 rings (SSSR count). The summed E-state index contributed by atoms with van der Waals surface area (Å²) in [6, 6.07) is 77.4. The maximum atomic E-state index is 13.7. The van der Waals surface area contributed by atoms with Crippen molar-refractivity contribution >= 4 is 44.7 Å². The fourth-order valence-corrected chi connectivity index (χ4v) is 8.31. The standard InChI is InChI=1S/C58H40N2O2/c61-57(49-31-23-41(24-32-49)39-11-3-1-4-12-39)59-53-37-35-45-15-7-9-17-51(45)55(53)47-27-19-43(20-28-47)44-21-29-48(30-22-44)56-52-18-10-8-16-46(52)36-38-54(56)60-58(62)50-33-25-42(26-34-50)40-13-5-2-6-14-40/h1-38H,(H,59,61)(H,60,62). The van der Waals surface area contributed by atoms with E-state index >= 15 is 0 Å². The minimum atomic E-state index is -0.163. The van der Waals surface area contributed by atoms with Crippen LogP contribution in [0.3, 0.4) is 0 Å². The molecule has 294 valence electrons. The number of carbonyl (C=O) groups is 2. The summed E-state index contributed by atoms with van der Waals surface area (Å²) in [5.74, 6) is -0.325. The Morgan fingerprint density at radius 3 is 0.919 bits per heavy atom. The maximum Gasteiger partial charge on any atom is 0.255 e. The summed E-state index contributed by atoms with van der Waals surface area (Å²) in [6.07, 6.45) is 0. The molecule has 0 aromatic heterocycles. The van der Waals surface area contributed by atoms with Crippen LogP contribution in [0, 0.1) is 0 Å². The molecule has 2 N–H and O–H groups in total. The molecule has 0 unspecified atom stereocenters.